The fourth-order valence-corrected chi connectivity index (χ4v) is 5.03. The number of amides is 2. The van der Waals surface area contributed by atoms with E-state index in [0.717, 1.165) is 5.56 Å². The van der Waals surface area contributed by atoms with Crippen LogP contribution in [0, 0.1) is 0 Å². The van der Waals surface area contributed by atoms with E-state index in [1.54, 1.807) is 54.6 Å². The number of anilines is 2. The van der Waals surface area contributed by atoms with Crippen molar-refractivity contribution in [1.29, 1.82) is 0 Å². The summed E-state index contributed by atoms with van der Waals surface area (Å²) in [6.45, 7) is 0. The fraction of sp³-hybridized carbons (Fsp3) is 0.200. The summed E-state index contributed by atoms with van der Waals surface area (Å²) in [6.07, 6.45) is 0.719. The molecule has 10 heteroatoms. The Labute approximate surface area is 203 Å². The summed E-state index contributed by atoms with van der Waals surface area (Å²) in [5.41, 5.74) is 2.20. The van der Waals surface area contributed by atoms with E-state index < -0.39 is 22.0 Å². The highest BCUT2D eigenvalue weighted by atomic mass is 32.2. The molecular weight excluding hydrogens is 470 g/mol. The molecule has 0 aliphatic carbocycles. The van der Waals surface area contributed by atoms with E-state index in [9.17, 15) is 18.0 Å². The number of benzene rings is 3. The number of sulfonamides is 1. The van der Waals surface area contributed by atoms with E-state index in [0.29, 0.717) is 34.9 Å². The van der Waals surface area contributed by atoms with Crippen molar-refractivity contribution < 1.29 is 27.5 Å². The van der Waals surface area contributed by atoms with Gasteiger partial charge in [-0.2, -0.15) is 4.72 Å². The summed E-state index contributed by atoms with van der Waals surface area (Å²) >= 11 is 0. The molecule has 35 heavy (non-hydrogen) atoms. The number of aryl methyl sites for hydroxylation is 1. The molecule has 0 spiro atoms. The van der Waals surface area contributed by atoms with E-state index in [-0.39, 0.29) is 17.2 Å². The first-order valence-corrected chi connectivity index (χ1v) is 12.3. The standard InChI is InChI=1S/C25H25N3O6S/c1-33-21-12-9-18(15-22(21)34-2)26-25(30)24(16-6-4-3-5-7-16)28-35(31,32)19-10-11-20-17(14-19)8-13-23(29)27-20/h3-7,9-12,14-15,24,28H,8,13H2,1-2H3,(H,26,30)(H,27,29)/t24-/m0/s1. The minimum absolute atomic E-state index is 0.00671. The van der Waals surface area contributed by atoms with Crippen LogP contribution >= 0.6 is 0 Å². The van der Waals surface area contributed by atoms with E-state index in [1.165, 1.54) is 26.4 Å². The van der Waals surface area contributed by atoms with Crippen molar-refractivity contribution in [3.8, 4) is 11.5 Å². The molecule has 0 saturated carbocycles. The number of carbonyl (C=O) groups is 2. The Morgan fingerprint density at radius 1 is 0.943 bits per heavy atom. The SMILES string of the molecule is COc1ccc(NC(=O)[C@@H](NS(=O)(=O)c2ccc3c(c2)CCC(=O)N3)c2ccccc2)cc1OC. The van der Waals surface area contributed by atoms with Gasteiger partial charge in [0.25, 0.3) is 0 Å². The number of nitrogens with one attached hydrogen (secondary N) is 3. The summed E-state index contributed by atoms with van der Waals surface area (Å²) in [5, 5.41) is 5.48. The second-order valence-corrected chi connectivity index (χ2v) is 9.61. The molecule has 182 valence electrons. The molecule has 3 aromatic rings. The van der Waals surface area contributed by atoms with Crippen LogP contribution in [0.2, 0.25) is 0 Å². The summed E-state index contributed by atoms with van der Waals surface area (Å²) < 4.78 is 39.6. The first kappa shape index (κ1) is 24.2. The molecule has 0 bridgehead atoms. The van der Waals surface area contributed by atoms with Gasteiger partial charge in [-0.1, -0.05) is 30.3 Å². The van der Waals surface area contributed by atoms with Gasteiger partial charge in [0.1, 0.15) is 6.04 Å². The second-order valence-electron chi connectivity index (χ2n) is 7.89. The molecule has 1 aliphatic heterocycles. The van der Waals surface area contributed by atoms with E-state index >= 15 is 0 Å². The van der Waals surface area contributed by atoms with E-state index in [2.05, 4.69) is 15.4 Å². The van der Waals surface area contributed by atoms with Crippen LogP contribution in [0.1, 0.15) is 23.6 Å². The van der Waals surface area contributed by atoms with Crippen LogP contribution in [0.5, 0.6) is 11.5 Å². The maximum absolute atomic E-state index is 13.3. The zero-order chi connectivity index (χ0) is 25.0. The minimum Gasteiger partial charge on any atom is -0.493 e. The monoisotopic (exact) mass is 495 g/mol. The molecule has 0 fully saturated rings. The van der Waals surface area contributed by atoms with Gasteiger partial charge >= 0.3 is 0 Å². The lowest BCUT2D eigenvalue weighted by Crippen LogP contribution is -2.37. The average molecular weight is 496 g/mol. The molecule has 9 nitrogen and oxygen atoms in total. The molecule has 0 radical (unpaired) electrons. The van der Waals surface area contributed by atoms with Gasteiger partial charge in [-0.05, 0) is 47.9 Å². The van der Waals surface area contributed by atoms with Crippen molar-refractivity contribution in [3.63, 3.8) is 0 Å². The number of hydrogen-bond donors (Lipinski definition) is 3. The Balaban J connectivity index is 1.62. The van der Waals surface area contributed by atoms with Gasteiger partial charge in [0.2, 0.25) is 21.8 Å². The van der Waals surface area contributed by atoms with Gasteiger partial charge in [0.15, 0.2) is 11.5 Å². The number of ether oxygens (including phenoxy) is 2. The third-order valence-electron chi connectivity index (χ3n) is 5.60. The largest absolute Gasteiger partial charge is 0.493 e. The van der Waals surface area contributed by atoms with Crippen molar-refractivity contribution in [1.82, 2.24) is 4.72 Å². The highest BCUT2D eigenvalue weighted by Crippen LogP contribution is 2.31. The molecule has 0 aromatic heterocycles. The zero-order valence-electron chi connectivity index (χ0n) is 19.2. The van der Waals surface area contributed by atoms with E-state index in [4.69, 9.17) is 9.47 Å². The molecule has 3 aromatic carbocycles. The molecule has 1 heterocycles. The first-order valence-electron chi connectivity index (χ1n) is 10.8. The minimum atomic E-state index is -4.08. The molecule has 0 saturated heterocycles. The summed E-state index contributed by atoms with van der Waals surface area (Å²) in [7, 11) is -1.10. The smallest absolute Gasteiger partial charge is 0.247 e. The van der Waals surface area contributed by atoms with Crippen LogP contribution in [0.15, 0.2) is 71.6 Å². The van der Waals surface area contributed by atoms with Crippen LogP contribution < -0.4 is 24.8 Å². The van der Waals surface area contributed by atoms with Crippen molar-refractivity contribution >= 4 is 33.2 Å². The van der Waals surface area contributed by atoms with Gasteiger partial charge in [-0.15, -0.1) is 0 Å². The van der Waals surface area contributed by atoms with Crippen LogP contribution in [0.25, 0.3) is 0 Å². The lowest BCUT2D eigenvalue weighted by molar-refractivity contribution is -0.118. The lowest BCUT2D eigenvalue weighted by atomic mass is 10.0. The molecular formula is C25H25N3O6S. The van der Waals surface area contributed by atoms with Crippen molar-refractivity contribution in [3.05, 3.63) is 77.9 Å². The Morgan fingerprint density at radius 3 is 2.40 bits per heavy atom. The van der Waals surface area contributed by atoms with Gasteiger partial charge in [0, 0.05) is 23.9 Å². The average Bonchev–Trinajstić information content (AvgIpc) is 2.87. The quantitative estimate of drug-likeness (QED) is 0.441. The number of hydrogen-bond acceptors (Lipinski definition) is 6. The number of methoxy groups -OCH3 is 2. The van der Waals surface area contributed by atoms with Crippen LogP contribution in [-0.4, -0.2) is 34.5 Å². The topological polar surface area (TPSA) is 123 Å². The highest BCUT2D eigenvalue weighted by molar-refractivity contribution is 7.89. The molecule has 4 rings (SSSR count). The molecule has 1 aliphatic rings. The second kappa shape index (κ2) is 10.2. The van der Waals surface area contributed by atoms with Gasteiger partial charge in [-0.25, -0.2) is 8.42 Å². The van der Waals surface area contributed by atoms with Crippen LogP contribution in [0.4, 0.5) is 11.4 Å². The Bertz CT molecular complexity index is 1360. The van der Waals surface area contributed by atoms with Gasteiger partial charge < -0.3 is 20.1 Å². The van der Waals surface area contributed by atoms with E-state index in [1.807, 2.05) is 0 Å². The normalized spacial score (nSPS) is 13.8. The predicted molar refractivity (Wildman–Crippen MR) is 131 cm³/mol. The van der Waals surface area contributed by atoms with Crippen molar-refractivity contribution in [2.24, 2.45) is 0 Å². The number of rotatable bonds is 8. The van der Waals surface area contributed by atoms with Crippen molar-refractivity contribution in [2.75, 3.05) is 24.9 Å². The molecule has 3 N–H and O–H groups in total. The summed E-state index contributed by atoms with van der Waals surface area (Å²) in [5.74, 6) is 0.233. The highest BCUT2D eigenvalue weighted by Gasteiger charge is 2.28. The third kappa shape index (κ3) is 5.44. The number of fused-ring (bicyclic) bond motifs is 1. The molecule has 2 amide bonds. The van der Waals surface area contributed by atoms with Crippen molar-refractivity contribution in [2.45, 2.75) is 23.8 Å². The van der Waals surface area contributed by atoms with Crippen LogP contribution in [-0.2, 0) is 26.0 Å². The van der Waals surface area contributed by atoms with Gasteiger partial charge in [0.05, 0.1) is 19.1 Å². The summed E-state index contributed by atoms with van der Waals surface area (Å²) in [6, 6.07) is 16.7. The maximum Gasteiger partial charge on any atom is 0.247 e. The summed E-state index contributed by atoms with van der Waals surface area (Å²) in [4.78, 5) is 24.9. The predicted octanol–water partition coefficient (Wildman–Crippen LogP) is 3.25. The molecule has 0 unspecified atom stereocenters. The maximum atomic E-state index is 13.3. The first-order chi connectivity index (χ1) is 16.8. The number of carbonyl (C=O) groups excluding carboxylic acids is 2. The Hall–Kier alpha value is -3.89. The zero-order valence-corrected chi connectivity index (χ0v) is 20.0. The Kier molecular flexibility index (Phi) is 7.04. The lowest BCUT2D eigenvalue weighted by Gasteiger charge is -2.21. The fourth-order valence-electron chi connectivity index (χ4n) is 3.80. The van der Waals surface area contributed by atoms with Crippen LogP contribution in [0.3, 0.4) is 0 Å². The van der Waals surface area contributed by atoms with Gasteiger partial charge in [-0.3, -0.25) is 9.59 Å². The third-order valence-corrected chi connectivity index (χ3v) is 7.02. The molecule has 1 atom stereocenters. The Morgan fingerprint density at radius 2 is 1.69 bits per heavy atom.